The molecule has 0 aromatic carbocycles. The van der Waals surface area contributed by atoms with E-state index in [1.807, 2.05) is 0 Å². The van der Waals surface area contributed by atoms with E-state index in [0.29, 0.717) is 6.04 Å². The van der Waals surface area contributed by atoms with E-state index in [9.17, 15) is 0 Å². The summed E-state index contributed by atoms with van der Waals surface area (Å²) in [7, 11) is 0. The standard InChI is InChI=1S/C6H13N/c1-5(7)6-3-2-4-6/h5-6H,2-4,7H2,1H3/p+1/t5-/m1/s1. The Morgan fingerprint density at radius 1 is 1.57 bits per heavy atom. The van der Waals surface area contributed by atoms with Crippen molar-refractivity contribution >= 4 is 0 Å². The number of hydrogen-bond acceptors (Lipinski definition) is 0. The minimum absolute atomic E-state index is 0.703. The van der Waals surface area contributed by atoms with Crippen molar-refractivity contribution in [2.45, 2.75) is 32.2 Å². The molecule has 1 nitrogen and oxygen atoms in total. The van der Waals surface area contributed by atoms with Gasteiger partial charge in [-0.15, -0.1) is 0 Å². The van der Waals surface area contributed by atoms with Crippen LogP contribution >= 0.6 is 0 Å². The lowest BCUT2D eigenvalue weighted by Gasteiger charge is -2.25. The summed E-state index contributed by atoms with van der Waals surface area (Å²) in [5.41, 5.74) is 3.96. The van der Waals surface area contributed by atoms with Crippen LogP contribution in [0.5, 0.6) is 0 Å². The highest BCUT2D eigenvalue weighted by atomic mass is 14.6. The van der Waals surface area contributed by atoms with Gasteiger partial charge in [0.15, 0.2) is 0 Å². The summed E-state index contributed by atoms with van der Waals surface area (Å²) in [5, 5.41) is 0. The van der Waals surface area contributed by atoms with Crippen LogP contribution in [0.3, 0.4) is 0 Å². The van der Waals surface area contributed by atoms with E-state index in [1.54, 1.807) is 0 Å². The van der Waals surface area contributed by atoms with Crippen LogP contribution < -0.4 is 5.73 Å². The Labute approximate surface area is 44.9 Å². The van der Waals surface area contributed by atoms with Gasteiger partial charge in [0.2, 0.25) is 0 Å². The molecule has 42 valence electrons. The van der Waals surface area contributed by atoms with Crippen molar-refractivity contribution in [2.24, 2.45) is 5.92 Å². The second-order valence-electron chi connectivity index (χ2n) is 2.67. The molecule has 3 N–H and O–H groups in total. The summed E-state index contributed by atoms with van der Waals surface area (Å²) in [6, 6.07) is 0.703. The fourth-order valence-electron chi connectivity index (χ4n) is 1.01. The van der Waals surface area contributed by atoms with Gasteiger partial charge in [0.1, 0.15) is 0 Å². The molecular formula is C6H14N+. The van der Waals surface area contributed by atoms with Crippen molar-refractivity contribution in [1.82, 2.24) is 0 Å². The van der Waals surface area contributed by atoms with Crippen molar-refractivity contribution in [3.63, 3.8) is 0 Å². The van der Waals surface area contributed by atoms with Gasteiger partial charge in [0.25, 0.3) is 0 Å². The highest BCUT2D eigenvalue weighted by Gasteiger charge is 2.22. The molecule has 7 heavy (non-hydrogen) atoms. The Morgan fingerprint density at radius 3 is 2.14 bits per heavy atom. The third-order valence-corrected chi connectivity index (χ3v) is 1.95. The zero-order valence-corrected chi connectivity index (χ0v) is 4.98. The zero-order valence-electron chi connectivity index (χ0n) is 4.98. The topological polar surface area (TPSA) is 27.6 Å². The first-order valence-electron chi connectivity index (χ1n) is 3.14. The molecule has 1 saturated carbocycles. The summed E-state index contributed by atoms with van der Waals surface area (Å²) in [5.74, 6) is 0.972. The molecule has 1 heteroatoms. The molecule has 1 rings (SSSR count). The molecule has 0 heterocycles. The molecule has 0 spiro atoms. The maximum absolute atomic E-state index is 3.96. The van der Waals surface area contributed by atoms with Crippen LogP contribution in [0.25, 0.3) is 0 Å². The third kappa shape index (κ3) is 0.942. The Balaban J connectivity index is 2.14. The van der Waals surface area contributed by atoms with Crippen molar-refractivity contribution < 1.29 is 5.73 Å². The molecule has 0 aromatic heterocycles. The summed E-state index contributed by atoms with van der Waals surface area (Å²) < 4.78 is 0. The predicted octanol–water partition coefficient (Wildman–Crippen LogP) is 0.417. The summed E-state index contributed by atoms with van der Waals surface area (Å²) in [6.45, 7) is 2.21. The lowest BCUT2D eigenvalue weighted by atomic mass is 9.81. The van der Waals surface area contributed by atoms with Crippen LogP contribution in [-0.4, -0.2) is 6.04 Å². The summed E-state index contributed by atoms with van der Waals surface area (Å²) >= 11 is 0. The highest BCUT2D eigenvalue weighted by molar-refractivity contribution is 4.72. The van der Waals surface area contributed by atoms with Gasteiger partial charge >= 0.3 is 0 Å². The molecule has 1 aliphatic carbocycles. The minimum Gasteiger partial charge on any atom is -0.355 e. The largest absolute Gasteiger partial charge is 0.355 e. The molecule has 0 aromatic rings. The van der Waals surface area contributed by atoms with E-state index in [2.05, 4.69) is 12.7 Å². The first-order chi connectivity index (χ1) is 3.30. The molecule has 0 saturated heterocycles. The van der Waals surface area contributed by atoms with Gasteiger partial charge in [-0.1, -0.05) is 6.42 Å². The Hall–Kier alpha value is -0.0400. The Kier molecular flexibility index (Phi) is 1.33. The monoisotopic (exact) mass is 100 g/mol. The van der Waals surface area contributed by atoms with E-state index >= 15 is 0 Å². The van der Waals surface area contributed by atoms with Gasteiger partial charge in [-0.2, -0.15) is 0 Å². The predicted molar refractivity (Wildman–Crippen MR) is 29.7 cm³/mol. The van der Waals surface area contributed by atoms with Crippen molar-refractivity contribution in [2.75, 3.05) is 0 Å². The van der Waals surface area contributed by atoms with E-state index in [1.165, 1.54) is 19.3 Å². The number of rotatable bonds is 1. The smallest absolute Gasteiger partial charge is 0.0843 e. The maximum atomic E-state index is 3.96. The molecule has 1 aliphatic rings. The minimum atomic E-state index is 0.703. The van der Waals surface area contributed by atoms with E-state index < -0.39 is 0 Å². The van der Waals surface area contributed by atoms with Gasteiger partial charge in [0, 0.05) is 5.92 Å². The quantitative estimate of drug-likeness (QED) is 0.494. The second kappa shape index (κ2) is 1.83. The zero-order chi connectivity index (χ0) is 5.28. The summed E-state index contributed by atoms with van der Waals surface area (Å²) in [6.07, 6.45) is 4.32. The average molecular weight is 100 g/mol. The van der Waals surface area contributed by atoms with Crippen LogP contribution in [-0.2, 0) is 0 Å². The Bertz CT molecular complexity index is 55.2. The highest BCUT2D eigenvalue weighted by Crippen LogP contribution is 2.27. The molecular weight excluding hydrogens is 86.1 g/mol. The van der Waals surface area contributed by atoms with Crippen LogP contribution in [0.4, 0.5) is 0 Å². The molecule has 0 amide bonds. The SMILES string of the molecule is C[C@@H]([NH3+])C1CCC1. The third-order valence-electron chi connectivity index (χ3n) is 1.95. The fourth-order valence-corrected chi connectivity index (χ4v) is 1.01. The maximum Gasteiger partial charge on any atom is 0.0843 e. The van der Waals surface area contributed by atoms with Gasteiger partial charge in [-0.3, -0.25) is 0 Å². The molecule has 0 radical (unpaired) electrons. The van der Waals surface area contributed by atoms with Crippen LogP contribution in [0.15, 0.2) is 0 Å². The fraction of sp³-hybridized carbons (Fsp3) is 1.00. The number of quaternary nitrogens is 1. The van der Waals surface area contributed by atoms with E-state index in [4.69, 9.17) is 0 Å². The molecule has 0 unspecified atom stereocenters. The lowest BCUT2D eigenvalue weighted by molar-refractivity contribution is -0.431. The molecule has 0 aliphatic heterocycles. The van der Waals surface area contributed by atoms with Gasteiger partial charge in [0.05, 0.1) is 6.04 Å². The number of hydrogen-bond donors (Lipinski definition) is 1. The van der Waals surface area contributed by atoms with Gasteiger partial charge in [-0.25, -0.2) is 0 Å². The van der Waals surface area contributed by atoms with Crippen LogP contribution in [0, 0.1) is 5.92 Å². The van der Waals surface area contributed by atoms with Gasteiger partial charge < -0.3 is 5.73 Å². The van der Waals surface area contributed by atoms with E-state index in [0.717, 1.165) is 5.92 Å². The molecule has 1 atom stereocenters. The van der Waals surface area contributed by atoms with Crippen LogP contribution in [0.2, 0.25) is 0 Å². The summed E-state index contributed by atoms with van der Waals surface area (Å²) in [4.78, 5) is 0. The van der Waals surface area contributed by atoms with Crippen LogP contribution in [0.1, 0.15) is 26.2 Å². The van der Waals surface area contributed by atoms with Gasteiger partial charge in [-0.05, 0) is 19.8 Å². The molecule has 0 bridgehead atoms. The Morgan fingerprint density at radius 2 is 2.14 bits per heavy atom. The van der Waals surface area contributed by atoms with Crippen molar-refractivity contribution in [3.8, 4) is 0 Å². The normalized spacial score (nSPS) is 26.6. The van der Waals surface area contributed by atoms with Crippen molar-refractivity contribution in [3.05, 3.63) is 0 Å². The first kappa shape index (κ1) is 5.10. The lowest BCUT2D eigenvalue weighted by Crippen LogP contribution is -2.63. The second-order valence-corrected chi connectivity index (χ2v) is 2.67. The average Bonchev–Trinajstić information content (AvgIpc) is 1.23. The van der Waals surface area contributed by atoms with Crippen molar-refractivity contribution in [1.29, 1.82) is 0 Å². The first-order valence-corrected chi connectivity index (χ1v) is 3.14. The van der Waals surface area contributed by atoms with E-state index in [-0.39, 0.29) is 0 Å². The molecule has 1 fully saturated rings.